The zero-order valence-corrected chi connectivity index (χ0v) is 17.7. The van der Waals surface area contributed by atoms with Crippen molar-refractivity contribution in [2.24, 2.45) is 7.05 Å². The Hall–Kier alpha value is -3.47. The Kier molecular flexibility index (Phi) is 5.61. The third-order valence-electron chi connectivity index (χ3n) is 5.27. The Morgan fingerprint density at radius 2 is 1.70 bits per heavy atom. The first-order valence-electron chi connectivity index (χ1n) is 10.3. The molecule has 5 heteroatoms. The van der Waals surface area contributed by atoms with Gasteiger partial charge in [0.05, 0.1) is 22.3 Å². The Balaban J connectivity index is 1.83. The first kappa shape index (κ1) is 19.8. The second-order valence-electron chi connectivity index (χ2n) is 7.54. The van der Waals surface area contributed by atoms with Crippen molar-refractivity contribution in [1.82, 2.24) is 19.7 Å². The minimum Gasteiger partial charge on any atom is -0.334 e. The molecule has 152 valence electrons. The number of pyridine rings is 1. The van der Waals surface area contributed by atoms with Crippen LogP contribution in [0.25, 0.3) is 22.3 Å². The largest absolute Gasteiger partial charge is 0.334 e. The normalized spacial score (nSPS) is 11.0. The van der Waals surface area contributed by atoms with Gasteiger partial charge in [-0.3, -0.25) is 9.48 Å². The van der Waals surface area contributed by atoms with Crippen LogP contribution in [-0.4, -0.2) is 32.1 Å². The van der Waals surface area contributed by atoms with Gasteiger partial charge in [0.1, 0.15) is 0 Å². The zero-order chi connectivity index (χ0) is 21.1. The Morgan fingerprint density at radius 3 is 2.37 bits per heavy atom. The van der Waals surface area contributed by atoms with Crippen LogP contribution in [0.1, 0.15) is 35.0 Å². The average Bonchev–Trinajstić information content (AvgIpc) is 3.07. The van der Waals surface area contributed by atoms with E-state index in [0.717, 1.165) is 40.0 Å². The molecule has 0 bridgehead atoms. The van der Waals surface area contributed by atoms with Gasteiger partial charge >= 0.3 is 0 Å². The van der Waals surface area contributed by atoms with Gasteiger partial charge in [0.2, 0.25) is 0 Å². The van der Waals surface area contributed by atoms with Crippen LogP contribution in [0.4, 0.5) is 0 Å². The van der Waals surface area contributed by atoms with Crippen molar-refractivity contribution in [2.75, 3.05) is 6.54 Å². The topological polar surface area (TPSA) is 51.0 Å². The van der Waals surface area contributed by atoms with Gasteiger partial charge in [0.25, 0.3) is 5.91 Å². The summed E-state index contributed by atoms with van der Waals surface area (Å²) in [6.07, 6.45) is 0.893. The van der Waals surface area contributed by atoms with Crippen LogP contribution in [0.2, 0.25) is 0 Å². The number of aromatic nitrogens is 3. The van der Waals surface area contributed by atoms with E-state index in [-0.39, 0.29) is 5.91 Å². The van der Waals surface area contributed by atoms with Gasteiger partial charge in [-0.05, 0) is 25.0 Å². The molecule has 0 fully saturated rings. The summed E-state index contributed by atoms with van der Waals surface area (Å²) in [5.74, 6) is 0.0152. The molecule has 0 aliphatic rings. The molecule has 30 heavy (non-hydrogen) atoms. The lowest BCUT2D eigenvalue weighted by molar-refractivity contribution is 0.0745. The lowest BCUT2D eigenvalue weighted by Crippen LogP contribution is -2.31. The molecule has 2 aromatic carbocycles. The van der Waals surface area contributed by atoms with E-state index < -0.39 is 0 Å². The number of hydrogen-bond acceptors (Lipinski definition) is 3. The summed E-state index contributed by atoms with van der Waals surface area (Å²) in [7, 11) is 1.87. The number of rotatable bonds is 6. The smallest absolute Gasteiger partial charge is 0.255 e. The van der Waals surface area contributed by atoms with E-state index in [1.165, 1.54) is 0 Å². The highest BCUT2D eigenvalue weighted by Gasteiger charge is 2.23. The fourth-order valence-corrected chi connectivity index (χ4v) is 3.87. The highest BCUT2D eigenvalue weighted by molar-refractivity contribution is 6.07. The molecule has 0 radical (unpaired) electrons. The maximum absolute atomic E-state index is 13.8. The number of fused-ring (bicyclic) bond motifs is 1. The first-order chi connectivity index (χ1) is 14.6. The van der Waals surface area contributed by atoms with Crippen LogP contribution < -0.4 is 0 Å². The minimum absolute atomic E-state index is 0.0152. The Labute approximate surface area is 177 Å². The third-order valence-corrected chi connectivity index (χ3v) is 5.27. The second kappa shape index (κ2) is 8.49. The number of carbonyl (C=O) groups is 1. The van der Waals surface area contributed by atoms with E-state index in [1.807, 2.05) is 73.5 Å². The number of hydrogen-bond donors (Lipinski definition) is 0. The third kappa shape index (κ3) is 3.83. The molecule has 2 aromatic heterocycles. The summed E-state index contributed by atoms with van der Waals surface area (Å²) < 4.78 is 1.76. The summed E-state index contributed by atoms with van der Waals surface area (Å²) in [4.78, 5) is 20.5. The highest BCUT2D eigenvalue weighted by Crippen LogP contribution is 2.28. The predicted molar refractivity (Wildman–Crippen MR) is 120 cm³/mol. The molecule has 0 aliphatic heterocycles. The first-order valence-corrected chi connectivity index (χ1v) is 10.3. The molecule has 1 amide bonds. The van der Waals surface area contributed by atoms with Crippen molar-refractivity contribution in [3.8, 4) is 11.3 Å². The van der Waals surface area contributed by atoms with Crippen LogP contribution in [0, 0.1) is 6.92 Å². The number of carbonyl (C=O) groups excluding carboxylic acids is 1. The van der Waals surface area contributed by atoms with Gasteiger partial charge in [-0.1, -0.05) is 67.6 Å². The quantitative estimate of drug-likeness (QED) is 0.459. The van der Waals surface area contributed by atoms with Gasteiger partial charge in [-0.25, -0.2) is 4.98 Å². The van der Waals surface area contributed by atoms with E-state index in [0.29, 0.717) is 18.7 Å². The van der Waals surface area contributed by atoms with Gasteiger partial charge in [-0.2, -0.15) is 5.10 Å². The zero-order valence-electron chi connectivity index (χ0n) is 17.7. The van der Waals surface area contributed by atoms with Crippen molar-refractivity contribution >= 4 is 16.9 Å². The van der Waals surface area contributed by atoms with Crippen LogP contribution in [0.5, 0.6) is 0 Å². The van der Waals surface area contributed by atoms with Gasteiger partial charge in [0, 0.05) is 25.7 Å². The molecule has 0 aliphatic carbocycles. The summed E-state index contributed by atoms with van der Waals surface area (Å²) in [5.41, 5.74) is 5.10. The molecule has 0 spiro atoms. The fraction of sp³-hybridized carbons (Fsp3) is 0.240. The standard InChI is InChI=1S/C25H26N4O/c1-4-15-29(17-19-11-7-5-8-12-19)25(30)21-16-22(20-13-9-6-10-14-20)26-24-23(21)18(2)27-28(24)3/h5-14,16H,4,15,17H2,1-3H3. The monoisotopic (exact) mass is 398 g/mol. The molecule has 4 rings (SSSR count). The lowest BCUT2D eigenvalue weighted by Gasteiger charge is -2.23. The average molecular weight is 399 g/mol. The lowest BCUT2D eigenvalue weighted by atomic mass is 10.0. The Bertz CT molecular complexity index is 1170. The van der Waals surface area contributed by atoms with Crippen molar-refractivity contribution in [2.45, 2.75) is 26.8 Å². The van der Waals surface area contributed by atoms with E-state index in [9.17, 15) is 4.79 Å². The van der Waals surface area contributed by atoms with Crippen molar-refractivity contribution in [3.05, 3.63) is 83.6 Å². The minimum atomic E-state index is 0.0152. The molecular formula is C25H26N4O. The predicted octanol–water partition coefficient (Wildman–Crippen LogP) is 5.00. The number of amides is 1. The highest BCUT2D eigenvalue weighted by atomic mass is 16.2. The van der Waals surface area contributed by atoms with Gasteiger partial charge in [0.15, 0.2) is 5.65 Å². The SMILES string of the molecule is CCCN(Cc1ccccc1)C(=O)c1cc(-c2ccccc2)nc2c1c(C)nn2C. The van der Waals surface area contributed by atoms with E-state index in [2.05, 4.69) is 24.2 Å². The van der Waals surface area contributed by atoms with Gasteiger partial charge < -0.3 is 4.90 Å². The van der Waals surface area contributed by atoms with Crippen LogP contribution in [0.15, 0.2) is 66.7 Å². The van der Waals surface area contributed by atoms with Crippen LogP contribution in [0.3, 0.4) is 0 Å². The van der Waals surface area contributed by atoms with Crippen molar-refractivity contribution in [1.29, 1.82) is 0 Å². The Morgan fingerprint density at radius 1 is 1.03 bits per heavy atom. The summed E-state index contributed by atoms with van der Waals surface area (Å²) in [6, 6.07) is 22.0. The summed E-state index contributed by atoms with van der Waals surface area (Å²) in [5, 5.41) is 5.37. The summed E-state index contributed by atoms with van der Waals surface area (Å²) in [6.45, 7) is 5.30. The van der Waals surface area contributed by atoms with E-state index in [1.54, 1.807) is 4.68 Å². The molecule has 0 unspecified atom stereocenters. The maximum atomic E-state index is 13.8. The van der Waals surface area contributed by atoms with Crippen molar-refractivity contribution in [3.63, 3.8) is 0 Å². The van der Waals surface area contributed by atoms with E-state index >= 15 is 0 Å². The molecule has 5 nitrogen and oxygen atoms in total. The molecule has 0 N–H and O–H groups in total. The number of aryl methyl sites for hydroxylation is 2. The van der Waals surface area contributed by atoms with Crippen LogP contribution in [-0.2, 0) is 13.6 Å². The molecule has 2 heterocycles. The van der Waals surface area contributed by atoms with Crippen LogP contribution >= 0.6 is 0 Å². The van der Waals surface area contributed by atoms with Gasteiger partial charge in [-0.15, -0.1) is 0 Å². The molecular weight excluding hydrogens is 372 g/mol. The molecule has 0 saturated heterocycles. The summed E-state index contributed by atoms with van der Waals surface area (Å²) >= 11 is 0. The molecule has 0 atom stereocenters. The maximum Gasteiger partial charge on any atom is 0.255 e. The number of benzene rings is 2. The fourth-order valence-electron chi connectivity index (χ4n) is 3.87. The molecule has 4 aromatic rings. The molecule has 0 saturated carbocycles. The second-order valence-corrected chi connectivity index (χ2v) is 7.54. The van der Waals surface area contributed by atoms with E-state index in [4.69, 9.17) is 4.98 Å². The van der Waals surface area contributed by atoms with Crippen molar-refractivity contribution < 1.29 is 4.79 Å². The number of nitrogens with zero attached hydrogens (tertiary/aromatic N) is 4.